The molecule has 5 aromatic rings. The van der Waals surface area contributed by atoms with E-state index in [4.69, 9.17) is 23.4 Å². The summed E-state index contributed by atoms with van der Waals surface area (Å²) in [7, 11) is 15.7. The fourth-order valence-electron chi connectivity index (χ4n) is 11.0. The van der Waals surface area contributed by atoms with Gasteiger partial charge < -0.3 is 82.6 Å². The zero-order chi connectivity index (χ0) is 68.3. The first-order chi connectivity index (χ1) is 45.5. The van der Waals surface area contributed by atoms with Crippen molar-refractivity contribution >= 4 is 80.4 Å². The van der Waals surface area contributed by atoms with Crippen molar-refractivity contribution in [3.63, 3.8) is 0 Å². The van der Waals surface area contributed by atoms with Crippen LogP contribution in [0.3, 0.4) is 0 Å². The number of carboxylic acid groups (broad SMARTS) is 4. The van der Waals surface area contributed by atoms with E-state index in [0.29, 0.717) is 73.5 Å². The zero-order valence-electron chi connectivity index (χ0n) is 59.0. The quantitative estimate of drug-likeness (QED) is 0.0155. The van der Waals surface area contributed by atoms with Crippen molar-refractivity contribution in [3.05, 3.63) is 173 Å². The van der Waals surface area contributed by atoms with Crippen molar-refractivity contribution in [2.24, 2.45) is 0 Å². The number of nitrogens with zero attached hydrogens (tertiary/aromatic N) is 6. The number of rotatable bonds is 35. The van der Waals surface area contributed by atoms with Crippen LogP contribution in [-0.4, -0.2) is 161 Å². The molecule has 25 heteroatoms. The number of carbonyl (C=O) groups excluding carboxylic acids is 6. The Morgan fingerprint density at radius 2 is 1.02 bits per heavy atom. The van der Waals surface area contributed by atoms with Gasteiger partial charge >= 0.3 is 118 Å². The largest absolute Gasteiger partial charge is 1.00 e. The van der Waals surface area contributed by atoms with Gasteiger partial charge in [-0.2, -0.15) is 0 Å². The van der Waals surface area contributed by atoms with E-state index in [1.807, 2.05) is 114 Å². The van der Waals surface area contributed by atoms with Crippen molar-refractivity contribution in [1.29, 1.82) is 0 Å². The summed E-state index contributed by atoms with van der Waals surface area (Å²) in [6.07, 6.45) is 10.7. The third kappa shape index (κ3) is 24.9. The van der Waals surface area contributed by atoms with Gasteiger partial charge in [-0.25, -0.2) is 9.15 Å². The minimum Gasteiger partial charge on any atom is -0.548 e. The summed E-state index contributed by atoms with van der Waals surface area (Å²) in [6, 6.07) is 37.4. The summed E-state index contributed by atoms with van der Waals surface area (Å²) in [5, 5.41) is 49.6. The smallest absolute Gasteiger partial charge is 0.548 e. The molecule has 0 saturated heterocycles. The molecule has 0 spiro atoms. The van der Waals surface area contributed by atoms with Crippen LogP contribution in [-0.2, 0) is 39.9 Å². The normalized spacial score (nSPS) is 11.3. The van der Waals surface area contributed by atoms with Crippen LogP contribution in [0.15, 0.2) is 156 Å². The molecule has 8 rings (SSSR count). The Balaban J connectivity index is 0.00000520. The number of hydrogen-bond acceptors (Lipinski definition) is 19. The third-order valence-corrected chi connectivity index (χ3v) is 15.8. The Morgan fingerprint density at radius 1 is 0.485 bits per heavy atom. The van der Waals surface area contributed by atoms with Gasteiger partial charge in [-0.05, 0) is 132 Å². The number of Topliss-reactive ketones (excluding diaryl/α,β-unsaturated/α-hetero) is 2. The number of hydrogen-bond donors (Lipinski definition) is 0. The van der Waals surface area contributed by atoms with Crippen LogP contribution in [0.25, 0.3) is 39.0 Å². The van der Waals surface area contributed by atoms with Crippen molar-refractivity contribution in [1.82, 2.24) is 4.58 Å². The van der Waals surface area contributed by atoms with E-state index in [-0.39, 0.29) is 185 Å². The summed E-state index contributed by atoms with van der Waals surface area (Å²) in [5.41, 5.74) is 10.6. The van der Waals surface area contributed by atoms with Gasteiger partial charge in [0.2, 0.25) is 5.36 Å². The van der Waals surface area contributed by atoms with Gasteiger partial charge in [0, 0.05) is 119 Å². The van der Waals surface area contributed by atoms with Crippen LogP contribution in [0.4, 0.5) is 22.7 Å². The second-order valence-electron chi connectivity index (χ2n) is 23.8. The maximum Gasteiger partial charge on any atom is 1.00 e. The predicted molar refractivity (Wildman–Crippen MR) is 358 cm³/mol. The molecule has 99 heavy (non-hydrogen) atoms. The molecule has 1 heterocycles. The van der Waals surface area contributed by atoms with Gasteiger partial charge in [-0.1, -0.05) is 36.4 Å². The molecule has 2 aliphatic carbocycles. The molecule has 0 amide bonds. The minimum atomic E-state index is -1.60. The molecule has 1 aliphatic heterocycles. The number of fused-ring (bicyclic) bond motifs is 2. The first-order valence-corrected chi connectivity index (χ1v) is 31.3. The van der Waals surface area contributed by atoms with Gasteiger partial charge in [0.15, 0.2) is 5.71 Å². The maximum absolute atomic E-state index is 13.3. The Labute approximate surface area is 666 Å². The van der Waals surface area contributed by atoms with E-state index >= 15 is 0 Å². The molecule has 3 aliphatic rings. The van der Waals surface area contributed by atoms with Crippen LogP contribution in [0, 0.1) is 0 Å². The molecule has 0 aromatic heterocycles. The molecule has 0 saturated carbocycles. The standard InChI is InChI=1S/C74H82N6O15.4Na/c1-75(2)54-23-16-50(17-24-54)73(51-18-25-55(26-19-51)76(3)4)52-20-29-60(30-21-52)92-37-11-13-58(81)12-9-35-91-36-10-14-59(82)40-49-15-34-65(64(41-49)80(47-71(87)88)48-72(89)90)93-38-39-94-68-42-53(22-33-63(68)79(45-69(83)84)46-70(85)86)74-61-31-27-56(77(5)6)43-66(61)95-67-44-57(78(7)8)28-32-62(67)74;;;;/h15-34,41-44H,9-14,35-40,45-48H2,1-8H3,(H2-2,83,84,85,86,87,88,89,90);;;;/q;4*+1/p-2. The van der Waals surface area contributed by atoms with Crippen molar-refractivity contribution in [2.45, 2.75) is 44.9 Å². The van der Waals surface area contributed by atoms with Crippen molar-refractivity contribution < 1.29 is 195 Å². The first-order valence-electron chi connectivity index (χ1n) is 31.3. The van der Waals surface area contributed by atoms with Crippen LogP contribution < -0.4 is 182 Å². The van der Waals surface area contributed by atoms with Gasteiger partial charge in [-0.3, -0.25) is 9.59 Å². The van der Waals surface area contributed by atoms with E-state index in [0.717, 1.165) is 71.0 Å². The Kier molecular flexibility index (Phi) is 35.5. The van der Waals surface area contributed by atoms with E-state index in [1.165, 1.54) is 18.2 Å². The average Bonchev–Trinajstić information content (AvgIpc) is 0.839. The van der Waals surface area contributed by atoms with Gasteiger partial charge in [0.25, 0.3) is 0 Å². The summed E-state index contributed by atoms with van der Waals surface area (Å²) < 4.78 is 34.8. The predicted octanol–water partition coefficient (Wildman–Crippen LogP) is -7.79. The van der Waals surface area contributed by atoms with Gasteiger partial charge in [-0.15, -0.1) is 0 Å². The Morgan fingerprint density at radius 3 is 1.58 bits per heavy atom. The number of ether oxygens (including phenoxy) is 4. The molecule has 5 aromatic carbocycles. The number of ketones is 2. The summed E-state index contributed by atoms with van der Waals surface area (Å²) in [6.45, 7) is -2.96. The minimum absolute atomic E-state index is 0. The van der Waals surface area contributed by atoms with Gasteiger partial charge in [0.05, 0.1) is 74.1 Å². The van der Waals surface area contributed by atoms with Crippen LogP contribution >= 0.6 is 0 Å². The van der Waals surface area contributed by atoms with Gasteiger partial charge in [0.1, 0.15) is 81.6 Å². The molecule has 0 atom stereocenters. The monoisotopic (exact) mass is 1380 g/mol. The number of anilines is 4. The first kappa shape index (κ1) is 84.9. The van der Waals surface area contributed by atoms with Crippen LogP contribution in [0.2, 0.25) is 0 Å². The van der Waals surface area contributed by atoms with Crippen molar-refractivity contribution in [2.75, 3.05) is 135 Å². The van der Waals surface area contributed by atoms with Crippen LogP contribution in [0.5, 0.6) is 17.2 Å². The molecular weight excluding hydrogens is 1300 g/mol. The van der Waals surface area contributed by atoms with E-state index in [1.54, 1.807) is 18.2 Å². The topological polar surface area (TPSA) is 264 Å². The molecule has 498 valence electrons. The maximum atomic E-state index is 13.3. The average molecular weight is 1390 g/mol. The third-order valence-electron chi connectivity index (χ3n) is 15.8. The summed E-state index contributed by atoms with van der Waals surface area (Å²) >= 11 is 0. The molecule has 0 fully saturated rings. The molecular formula is C74H80N6Na4O15+2. The number of benzene rings is 6. The van der Waals surface area contributed by atoms with E-state index in [9.17, 15) is 49.2 Å². The number of carboxylic acids is 4. The second kappa shape index (κ2) is 41.4. The van der Waals surface area contributed by atoms with Crippen molar-refractivity contribution in [3.8, 4) is 39.7 Å². The number of carbonyl (C=O) groups is 6. The second-order valence-corrected chi connectivity index (χ2v) is 23.8. The molecule has 0 bridgehead atoms. The number of allylic oxidation sites excluding steroid dienone is 5. The molecule has 0 unspecified atom stereocenters. The number of aliphatic carboxylic acids is 4. The fourth-order valence-corrected chi connectivity index (χ4v) is 11.0. The molecule has 21 nitrogen and oxygen atoms in total. The summed E-state index contributed by atoms with van der Waals surface area (Å²) in [5.74, 6) is -5.05. The van der Waals surface area contributed by atoms with Crippen LogP contribution in [0.1, 0.15) is 55.2 Å². The zero-order valence-corrected chi connectivity index (χ0v) is 67.0. The Hall–Kier alpha value is -6.54. The van der Waals surface area contributed by atoms with E-state index < -0.39 is 50.1 Å². The molecule has 0 radical (unpaired) electrons. The fraction of sp³-hybridized carbons (Fsp3) is 0.324. The SMILES string of the molecule is CN(C)c1ccc(C(=C2C=CC(=[N+](C)C)C=C2)c2ccc(OCCCC(=O)CCCOCCCC(=O)Cc3ccc(OCCOc4cc(-c5c6ccc(=[N+](C)C)cc-6oc6cc(N(C)C)ccc56)ccc4N(CC(=O)[O-])CC(=O)[O-])c(N(CC(=O)[O-])CC(=O)[O-])c3)cc2)cc1.[Na+].[Na+].[Na+].[Na+]. The summed E-state index contributed by atoms with van der Waals surface area (Å²) in [4.78, 5) is 80.1. The Bertz CT molecular complexity index is 4070. The molecule has 0 N–H and O–H groups in total. The van der Waals surface area contributed by atoms with E-state index in [2.05, 4.69) is 70.2 Å².